The van der Waals surface area contributed by atoms with E-state index in [2.05, 4.69) is 15.5 Å². The van der Waals surface area contributed by atoms with E-state index in [0.717, 1.165) is 42.6 Å². The monoisotopic (exact) mass is 823 g/mol. The van der Waals surface area contributed by atoms with Gasteiger partial charge in [0.1, 0.15) is 30.6 Å². The van der Waals surface area contributed by atoms with Crippen molar-refractivity contribution >= 4 is 67.0 Å². The molecule has 3 saturated heterocycles. The molecule has 4 aromatic carbocycles. The van der Waals surface area contributed by atoms with Crippen molar-refractivity contribution in [1.82, 2.24) is 24.1 Å². The third kappa shape index (κ3) is 7.11. The second-order valence-electron chi connectivity index (χ2n) is 15.8. The Morgan fingerprint density at radius 2 is 1.68 bits per heavy atom. The number of likely N-dealkylation sites (tertiary alicyclic amines) is 1. The summed E-state index contributed by atoms with van der Waals surface area (Å²) in [7, 11) is -2.64. The van der Waals surface area contributed by atoms with Gasteiger partial charge in [0.05, 0.1) is 11.0 Å². The summed E-state index contributed by atoms with van der Waals surface area (Å²) in [5, 5.41) is 5.81. The highest BCUT2D eigenvalue weighted by molar-refractivity contribution is 7.92. The number of imidazole rings is 1. The van der Waals surface area contributed by atoms with Gasteiger partial charge in [-0.15, -0.1) is 0 Å². The number of nitrogens with zero attached hydrogens (tertiary/aromatic N) is 4. The minimum atomic E-state index is -4.34. The summed E-state index contributed by atoms with van der Waals surface area (Å²) in [5.41, 5.74) is 3.12. The lowest BCUT2D eigenvalue weighted by atomic mass is 9.77. The molecule has 1 unspecified atom stereocenters. The molecule has 4 aliphatic rings. The van der Waals surface area contributed by atoms with Gasteiger partial charge in [0.2, 0.25) is 17.7 Å². The zero-order valence-corrected chi connectivity index (χ0v) is 33.0. The first-order valence-corrected chi connectivity index (χ1v) is 21.1. The molecule has 17 heteroatoms. The summed E-state index contributed by atoms with van der Waals surface area (Å²) in [4.78, 5) is 65.4. The summed E-state index contributed by atoms with van der Waals surface area (Å²) >= 11 is 0. The number of halogens is 1. The minimum absolute atomic E-state index is 0.0197. The van der Waals surface area contributed by atoms with E-state index in [9.17, 15) is 32.4 Å². The van der Waals surface area contributed by atoms with Crippen molar-refractivity contribution in [3.8, 4) is 5.75 Å². The van der Waals surface area contributed by atoms with Crippen LogP contribution < -0.4 is 30.1 Å². The molecule has 3 N–H and O–H groups in total. The lowest BCUT2D eigenvalue weighted by molar-refractivity contribution is -0.135. The number of rotatable bonds is 9. The minimum Gasteiger partial charge on any atom is -0.487 e. The Kier molecular flexibility index (Phi) is 9.74. The Morgan fingerprint density at radius 3 is 2.39 bits per heavy atom. The number of imide groups is 1. The lowest BCUT2D eigenvalue weighted by Gasteiger charge is -2.45. The average Bonchev–Trinajstić information content (AvgIpc) is 3.61. The predicted octanol–water partition coefficient (Wildman–Crippen LogP) is 3.97. The highest BCUT2D eigenvalue weighted by Gasteiger charge is 2.41. The van der Waals surface area contributed by atoms with Crippen LogP contribution in [0.1, 0.15) is 61.6 Å². The number of carbonyl (C=O) groups excluding carboxylic acids is 4. The molecule has 1 atom stereocenters. The van der Waals surface area contributed by atoms with Crippen molar-refractivity contribution in [3.05, 3.63) is 100 Å². The molecule has 3 aliphatic heterocycles. The SMILES string of the molecule is Cn1c(=O)n(C2CCC(=O)NC2=O)c2ccc(C3CCN(C4CC(C(=O)Nc5ccc6c(F)c(N7CC(=O)NS7(=O)=O)c(OCc7ccccc7)cc6c5)C4)CC3)cc21. The van der Waals surface area contributed by atoms with Crippen LogP contribution in [0.25, 0.3) is 21.8 Å². The van der Waals surface area contributed by atoms with Gasteiger partial charge in [-0.25, -0.2) is 18.2 Å². The Balaban J connectivity index is 0.839. The summed E-state index contributed by atoms with van der Waals surface area (Å²) in [6, 6.07) is 20.8. The van der Waals surface area contributed by atoms with Crippen molar-refractivity contribution in [3.63, 3.8) is 0 Å². The molecular weight excluding hydrogens is 782 g/mol. The van der Waals surface area contributed by atoms with E-state index < -0.39 is 40.4 Å². The number of anilines is 2. The molecule has 0 bridgehead atoms. The van der Waals surface area contributed by atoms with Gasteiger partial charge in [0, 0.05) is 36.5 Å². The van der Waals surface area contributed by atoms with Crippen LogP contribution in [0.2, 0.25) is 0 Å². The van der Waals surface area contributed by atoms with E-state index in [0.29, 0.717) is 39.7 Å². The molecular formula is C42H42FN7O8S. The molecule has 1 aliphatic carbocycles. The van der Waals surface area contributed by atoms with Crippen LogP contribution in [0, 0.1) is 11.7 Å². The predicted molar refractivity (Wildman–Crippen MR) is 216 cm³/mol. The first-order valence-electron chi connectivity index (χ1n) is 19.7. The highest BCUT2D eigenvalue weighted by atomic mass is 32.2. The summed E-state index contributed by atoms with van der Waals surface area (Å²) in [6.45, 7) is 1.17. The number of hydrogen-bond donors (Lipinski definition) is 3. The number of hydrogen-bond acceptors (Lipinski definition) is 9. The number of amides is 4. The normalized spacial score (nSPS) is 22.3. The number of nitrogens with one attached hydrogen (secondary N) is 3. The molecule has 1 aromatic heterocycles. The third-order valence-corrected chi connectivity index (χ3v) is 13.6. The molecule has 9 rings (SSSR count). The second kappa shape index (κ2) is 14.9. The van der Waals surface area contributed by atoms with Gasteiger partial charge in [-0.1, -0.05) is 36.4 Å². The van der Waals surface area contributed by atoms with E-state index in [1.54, 1.807) is 23.7 Å². The van der Waals surface area contributed by atoms with Crippen molar-refractivity contribution in [2.24, 2.45) is 13.0 Å². The van der Waals surface area contributed by atoms with Crippen molar-refractivity contribution < 1.29 is 36.7 Å². The molecule has 15 nitrogen and oxygen atoms in total. The topological polar surface area (TPSA) is 181 Å². The van der Waals surface area contributed by atoms with Gasteiger partial charge in [-0.2, -0.15) is 8.42 Å². The standard InChI is InChI=1S/C42H42FN7O8S/c1-47-34-20-26(7-10-32(34)50(42(47)55)33-11-12-36(51)45-41(33)54)25-13-15-48(16-14-25)30-18-28(19-30)40(53)44-29-8-9-31-27(17-29)21-35(58-23-24-5-3-2-4-6-24)39(38(31)43)49-22-37(52)46-59(49,56)57/h2-10,17,20-21,25,28,30,33H,11-16,18-19,22-23H2,1H3,(H,44,53)(H,46,52)(H,45,51,54). The van der Waals surface area contributed by atoms with Crippen molar-refractivity contribution in [2.75, 3.05) is 29.3 Å². The fraction of sp³-hybridized carbons (Fsp3) is 0.357. The van der Waals surface area contributed by atoms with Crippen LogP contribution in [0.3, 0.4) is 0 Å². The molecule has 306 valence electrons. The third-order valence-electron chi connectivity index (χ3n) is 12.2. The molecule has 0 spiro atoms. The van der Waals surface area contributed by atoms with Crippen LogP contribution >= 0.6 is 0 Å². The summed E-state index contributed by atoms with van der Waals surface area (Å²) in [5.74, 6) is -2.55. The average molecular weight is 824 g/mol. The van der Waals surface area contributed by atoms with Crippen LogP contribution in [0.5, 0.6) is 5.75 Å². The maximum Gasteiger partial charge on any atom is 0.329 e. The molecule has 1 saturated carbocycles. The molecule has 4 heterocycles. The Morgan fingerprint density at radius 1 is 0.915 bits per heavy atom. The first-order chi connectivity index (χ1) is 28.3. The molecule has 5 aromatic rings. The second-order valence-corrected chi connectivity index (χ2v) is 17.4. The maximum absolute atomic E-state index is 16.2. The van der Waals surface area contributed by atoms with Crippen molar-refractivity contribution in [2.45, 2.75) is 63.1 Å². The number of benzene rings is 4. The number of aromatic nitrogens is 2. The van der Waals surface area contributed by atoms with E-state index in [4.69, 9.17) is 4.74 Å². The number of fused-ring (bicyclic) bond motifs is 2. The zero-order chi connectivity index (χ0) is 41.2. The molecule has 4 fully saturated rings. The van der Waals surface area contributed by atoms with Gasteiger partial charge in [-0.05, 0) is 104 Å². The number of aryl methyl sites for hydroxylation is 1. The molecule has 59 heavy (non-hydrogen) atoms. The van der Waals surface area contributed by atoms with E-state index in [1.165, 1.54) is 16.7 Å². The smallest absolute Gasteiger partial charge is 0.329 e. The molecule has 4 amide bonds. The lowest BCUT2D eigenvalue weighted by Crippen LogP contribution is -2.50. The van der Waals surface area contributed by atoms with E-state index in [1.807, 2.05) is 53.3 Å². The maximum atomic E-state index is 16.2. The Labute approximate surface area is 338 Å². The van der Waals surface area contributed by atoms with Gasteiger partial charge in [0.15, 0.2) is 5.82 Å². The van der Waals surface area contributed by atoms with Crippen molar-refractivity contribution in [1.29, 1.82) is 0 Å². The zero-order valence-electron chi connectivity index (χ0n) is 32.1. The fourth-order valence-corrected chi connectivity index (χ4v) is 10.1. The van der Waals surface area contributed by atoms with Crippen LogP contribution in [-0.4, -0.2) is 71.8 Å². The fourth-order valence-electron chi connectivity index (χ4n) is 8.94. The Bertz CT molecular complexity index is 2720. The summed E-state index contributed by atoms with van der Waals surface area (Å²) < 4.78 is 53.4. The van der Waals surface area contributed by atoms with Gasteiger partial charge >= 0.3 is 15.9 Å². The molecule has 0 radical (unpaired) electrons. The van der Waals surface area contributed by atoms with Gasteiger partial charge in [-0.3, -0.25) is 33.6 Å². The number of piperidine rings is 2. The van der Waals surface area contributed by atoms with Crippen LogP contribution in [0.15, 0.2) is 77.6 Å². The summed E-state index contributed by atoms with van der Waals surface area (Å²) in [6.07, 6.45) is 3.72. The number of ether oxygens (including phenoxy) is 1. The number of carbonyl (C=O) groups is 4. The van der Waals surface area contributed by atoms with Crippen LogP contribution in [-0.2, 0) is 43.0 Å². The quantitative estimate of drug-likeness (QED) is 0.186. The first kappa shape index (κ1) is 38.4. The van der Waals surface area contributed by atoms with Gasteiger partial charge < -0.3 is 15.0 Å². The highest BCUT2D eigenvalue weighted by Crippen LogP contribution is 2.41. The van der Waals surface area contributed by atoms with E-state index >= 15 is 4.39 Å². The van der Waals surface area contributed by atoms with E-state index in [-0.39, 0.29) is 65.7 Å². The Hall–Kier alpha value is -6.07. The van der Waals surface area contributed by atoms with Gasteiger partial charge in [0.25, 0.3) is 5.91 Å². The largest absolute Gasteiger partial charge is 0.487 e. The van der Waals surface area contributed by atoms with Crippen LogP contribution in [0.4, 0.5) is 15.8 Å².